The third kappa shape index (κ3) is 4.06. The maximum atomic E-state index is 11.7. The quantitative estimate of drug-likeness (QED) is 0.879. The Morgan fingerprint density at radius 2 is 2.00 bits per heavy atom. The van der Waals surface area contributed by atoms with Crippen LogP contribution in [0.15, 0.2) is 30.5 Å². The molecule has 1 amide bonds. The number of hydrogen-bond acceptors (Lipinski definition) is 4. The predicted octanol–water partition coefficient (Wildman–Crippen LogP) is 2.18. The Bertz CT molecular complexity index is 665. The molecule has 1 N–H and O–H groups in total. The minimum atomic E-state index is -0.736. The number of esters is 1. The van der Waals surface area contributed by atoms with Crippen molar-refractivity contribution in [3.63, 3.8) is 0 Å². The average molecular weight is 308 g/mol. The van der Waals surface area contributed by atoms with Crippen LogP contribution in [-0.2, 0) is 16.6 Å². The van der Waals surface area contributed by atoms with E-state index in [2.05, 4.69) is 10.4 Å². The number of hydrogen-bond donors (Lipinski definition) is 1. The normalized spacial score (nSPS) is 10.2. The number of anilines is 1. The molecule has 21 heavy (non-hydrogen) atoms. The van der Waals surface area contributed by atoms with E-state index in [9.17, 15) is 9.59 Å². The van der Waals surface area contributed by atoms with Crippen LogP contribution in [0.4, 0.5) is 5.69 Å². The Morgan fingerprint density at radius 1 is 1.33 bits per heavy atom. The number of aromatic nitrogens is 2. The largest absolute Gasteiger partial charge is 0.451 e. The van der Waals surface area contributed by atoms with Gasteiger partial charge in [-0.2, -0.15) is 5.10 Å². The van der Waals surface area contributed by atoms with Gasteiger partial charge in [0.2, 0.25) is 0 Å². The maximum Gasteiger partial charge on any atom is 0.360 e. The highest BCUT2D eigenvalue weighted by Crippen LogP contribution is 2.14. The molecule has 2 aromatic rings. The number of rotatable bonds is 4. The third-order valence-corrected chi connectivity index (χ3v) is 2.92. The van der Waals surface area contributed by atoms with Gasteiger partial charge in [-0.15, -0.1) is 0 Å². The van der Waals surface area contributed by atoms with Crippen molar-refractivity contribution in [3.8, 4) is 0 Å². The molecule has 1 heterocycles. The Kier molecular flexibility index (Phi) is 4.59. The number of carbonyl (C=O) groups is 2. The van der Waals surface area contributed by atoms with Gasteiger partial charge in [0.1, 0.15) is 0 Å². The topological polar surface area (TPSA) is 73.2 Å². The zero-order valence-corrected chi connectivity index (χ0v) is 12.3. The van der Waals surface area contributed by atoms with Crippen LogP contribution >= 0.6 is 11.6 Å². The Morgan fingerprint density at radius 3 is 2.57 bits per heavy atom. The van der Waals surface area contributed by atoms with Crippen LogP contribution in [-0.4, -0.2) is 28.3 Å². The van der Waals surface area contributed by atoms with Gasteiger partial charge in [-0.3, -0.25) is 9.48 Å². The van der Waals surface area contributed by atoms with E-state index in [0.717, 1.165) is 5.56 Å². The van der Waals surface area contributed by atoms with E-state index >= 15 is 0 Å². The summed E-state index contributed by atoms with van der Waals surface area (Å²) in [5, 5.41) is 6.66. The van der Waals surface area contributed by atoms with Crippen molar-refractivity contribution in [1.82, 2.24) is 9.78 Å². The third-order valence-electron chi connectivity index (χ3n) is 2.65. The van der Waals surface area contributed by atoms with Crippen molar-refractivity contribution in [2.24, 2.45) is 7.05 Å². The second-order valence-corrected chi connectivity index (χ2v) is 4.90. The molecule has 0 unspecified atom stereocenters. The van der Waals surface area contributed by atoms with Crippen LogP contribution in [0.25, 0.3) is 0 Å². The highest BCUT2D eigenvalue weighted by molar-refractivity contribution is 6.33. The van der Waals surface area contributed by atoms with Crippen molar-refractivity contribution in [2.45, 2.75) is 6.92 Å². The fourth-order valence-corrected chi connectivity index (χ4v) is 1.89. The second kappa shape index (κ2) is 6.41. The van der Waals surface area contributed by atoms with Gasteiger partial charge in [-0.25, -0.2) is 4.79 Å². The molecule has 1 aromatic carbocycles. The summed E-state index contributed by atoms with van der Waals surface area (Å²) in [6, 6.07) is 7.28. The molecule has 2 rings (SSSR count). The van der Waals surface area contributed by atoms with Gasteiger partial charge in [0.05, 0.1) is 5.02 Å². The summed E-state index contributed by atoms with van der Waals surface area (Å²) in [5.41, 5.74) is 1.71. The molecule has 0 aliphatic rings. The van der Waals surface area contributed by atoms with Crippen LogP contribution in [0.2, 0.25) is 5.02 Å². The molecular formula is C14H14ClN3O3. The van der Waals surface area contributed by atoms with Gasteiger partial charge in [-0.05, 0) is 19.1 Å². The van der Waals surface area contributed by atoms with Crippen LogP contribution in [0, 0.1) is 6.92 Å². The van der Waals surface area contributed by atoms with E-state index < -0.39 is 18.5 Å². The van der Waals surface area contributed by atoms with E-state index in [0.29, 0.717) is 5.69 Å². The second-order valence-electron chi connectivity index (χ2n) is 4.49. The van der Waals surface area contributed by atoms with Gasteiger partial charge < -0.3 is 10.1 Å². The fraction of sp³-hybridized carbons (Fsp3) is 0.214. The van der Waals surface area contributed by atoms with E-state index in [-0.39, 0.29) is 10.7 Å². The average Bonchev–Trinajstić information content (AvgIpc) is 2.78. The van der Waals surface area contributed by atoms with Crippen LogP contribution < -0.4 is 5.32 Å². The molecule has 0 bridgehead atoms. The van der Waals surface area contributed by atoms with Crippen molar-refractivity contribution >= 4 is 29.2 Å². The van der Waals surface area contributed by atoms with Gasteiger partial charge in [0, 0.05) is 18.9 Å². The van der Waals surface area contributed by atoms with Crippen LogP contribution in [0.1, 0.15) is 16.1 Å². The minimum Gasteiger partial charge on any atom is -0.451 e. The number of carbonyl (C=O) groups excluding carboxylic acids is 2. The summed E-state index contributed by atoms with van der Waals surface area (Å²) < 4.78 is 6.26. The summed E-state index contributed by atoms with van der Waals surface area (Å²) >= 11 is 5.82. The molecule has 0 aliphatic heterocycles. The molecule has 0 aliphatic carbocycles. The molecule has 0 spiro atoms. The van der Waals surface area contributed by atoms with Gasteiger partial charge in [-0.1, -0.05) is 29.3 Å². The first-order valence-corrected chi connectivity index (χ1v) is 6.56. The lowest BCUT2D eigenvalue weighted by Crippen LogP contribution is -2.21. The highest BCUT2D eigenvalue weighted by Gasteiger charge is 2.17. The maximum absolute atomic E-state index is 11.7. The van der Waals surface area contributed by atoms with E-state index in [1.165, 1.54) is 10.9 Å². The number of halogens is 1. The minimum absolute atomic E-state index is 0.0118. The lowest BCUT2D eigenvalue weighted by Gasteiger charge is -2.06. The molecule has 0 radical (unpaired) electrons. The lowest BCUT2D eigenvalue weighted by molar-refractivity contribution is -0.119. The van der Waals surface area contributed by atoms with E-state index in [4.69, 9.17) is 16.3 Å². The Hall–Kier alpha value is -2.34. The summed E-state index contributed by atoms with van der Waals surface area (Å²) in [6.45, 7) is 1.55. The van der Waals surface area contributed by atoms with Gasteiger partial charge >= 0.3 is 5.97 Å². The molecule has 0 fully saturated rings. The molecule has 0 saturated carbocycles. The molecular weight excluding hydrogens is 294 g/mol. The standard InChI is InChI=1S/C14H14ClN3O3/c1-9-3-5-10(6-4-9)16-12(19)8-21-14(20)13-11(15)7-18(2)17-13/h3-7H,8H2,1-2H3,(H,16,19). The monoisotopic (exact) mass is 307 g/mol. The summed E-state index contributed by atoms with van der Waals surface area (Å²) in [7, 11) is 1.63. The number of nitrogens with one attached hydrogen (secondary N) is 1. The highest BCUT2D eigenvalue weighted by atomic mass is 35.5. The van der Waals surface area contributed by atoms with Crippen LogP contribution in [0.3, 0.4) is 0 Å². The van der Waals surface area contributed by atoms with Crippen molar-refractivity contribution in [3.05, 3.63) is 46.7 Å². The fourth-order valence-electron chi connectivity index (χ4n) is 1.63. The number of nitrogens with zero attached hydrogens (tertiary/aromatic N) is 2. The lowest BCUT2D eigenvalue weighted by atomic mass is 10.2. The molecule has 6 nitrogen and oxygen atoms in total. The van der Waals surface area contributed by atoms with Gasteiger partial charge in [0.15, 0.2) is 12.3 Å². The first-order chi connectivity index (χ1) is 9.95. The zero-order chi connectivity index (χ0) is 15.4. The number of amides is 1. The van der Waals surface area contributed by atoms with E-state index in [1.54, 1.807) is 19.2 Å². The van der Waals surface area contributed by atoms with Crippen LogP contribution in [0.5, 0.6) is 0 Å². The predicted molar refractivity (Wildman–Crippen MR) is 78.3 cm³/mol. The zero-order valence-electron chi connectivity index (χ0n) is 11.6. The Balaban J connectivity index is 1.88. The Labute approximate surface area is 126 Å². The molecule has 0 atom stereocenters. The summed E-state index contributed by atoms with van der Waals surface area (Å²) in [5.74, 6) is -1.17. The first kappa shape index (κ1) is 15.1. The SMILES string of the molecule is Cc1ccc(NC(=O)COC(=O)c2nn(C)cc2Cl)cc1. The number of aryl methyl sites for hydroxylation is 2. The van der Waals surface area contributed by atoms with Gasteiger partial charge in [0.25, 0.3) is 5.91 Å². The van der Waals surface area contributed by atoms with Crippen molar-refractivity contribution in [1.29, 1.82) is 0 Å². The number of ether oxygens (including phenoxy) is 1. The molecule has 0 saturated heterocycles. The van der Waals surface area contributed by atoms with Crippen molar-refractivity contribution < 1.29 is 14.3 Å². The molecule has 110 valence electrons. The summed E-state index contributed by atoms with van der Waals surface area (Å²) in [4.78, 5) is 23.4. The van der Waals surface area contributed by atoms with Crippen molar-refractivity contribution in [2.75, 3.05) is 11.9 Å². The molecule has 1 aromatic heterocycles. The smallest absolute Gasteiger partial charge is 0.360 e. The van der Waals surface area contributed by atoms with E-state index in [1.807, 2.05) is 19.1 Å². The first-order valence-electron chi connectivity index (χ1n) is 6.18. The summed E-state index contributed by atoms with van der Waals surface area (Å²) in [6.07, 6.45) is 1.48. The molecule has 7 heteroatoms. The number of benzene rings is 1.